The van der Waals surface area contributed by atoms with Crippen molar-refractivity contribution in [3.05, 3.63) is 34.1 Å². The van der Waals surface area contributed by atoms with Crippen molar-refractivity contribution in [2.24, 2.45) is 0 Å². The van der Waals surface area contributed by atoms with Crippen LogP contribution in [0.2, 0.25) is 0 Å². The SMILES string of the molecule is COc1[nH]c2cccnc2c(=O)c1CNC(C)=O. The van der Waals surface area contributed by atoms with Gasteiger partial charge in [0.2, 0.25) is 11.3 Å². The van der Waals surface area contributed by atoms with Gasteiger partial charge in [0.05, 0.1) is 24.7 Å². The molecule has 0 atom stereocenters. The number of ether oxygens (including phenoxy) is 1. The predicted octanol–water partition coefficient (Wildman–Crippen LogP) is 0.568. The molecule has 0 saturated heterocycles. The smallest absolute Gasteiger partial charge is 0.217 e. The van der Waals surface area contributed by atoms with E-state index in [1.165, 1.54) is 14.0 Å². The molecule has 94 valence electrons. The Morgan fingerprint density at radius 2 is 2.33 bits per heavy atom. The van der Waals surface area contributed by atoms with Gasteiger partial charge < -0.3 is 15.0 Å². The number of carbonyl (C=O) groups excluding carboxylic acids is 1. The van der Waals surface area contributed by atoms with Crippen LogP contribution in [-0.2, 0) is 11.3 Å². The third-order valence-electron chi connectivity index (χ3n) is 2.54. The van der Waals surface area contributed by atoms with Crippen LogP contribution in [0, 0.1) is 0 Å². The van der Waals surface area contributed by atoms with Crippen molar-refractivity contribution >= 4 is 16.9 Å². The number of methoxy groups -OCH3 is 1. The summed E-state index contributed by atoms with van der Waals surface area (Å²) in [5.41, 5.74) is 1.05. The molecule has 0 saturated carbocycles. The summed E-state index contributed by atoms with van der Waals surface area (Å²) in [5, 5.41) is 2.58. The highest BCUT2D eigenvalue weighted by Gasteiger charge is 2.13. The summed E-state index contributed by atoms with van der Waals surface area (Å²) in [5.74, 6) is 0.131. The molecule has 18 heavy (non-hydrogen) atoms. The van der Waals surface area contributed by atoms with Crippen molar-refractivity contribution in [3.8, 4) is 5.88 Å². The molecule has 2 aromatic rings. The molecule has 2 rings (SSSR count). The Balaban J connectivity index is 2.59. The first-order valence-electron chi connectivity index (χ1n) is 5.41. The van der Waals surface area contributed by atoms with Gasteiger partial charge in [-0.2, -0.15) is 0 Å². The largest absolute Gasteiger partial charge is 0.482 e. The molecule has 0 aliphatic carbocycles. The van der Waals surface area contributed by atoms with Crippen molar-refractivity contribution in [1.82, 2.24) is 15.3 Å². The molecule has 2 N–H and O–H groups in total. The maximum atomic E-state index is 12.2. The van der Waals surface area contributed by atoms with Crippen LogP contribution in [-0.4, -0.2) is 23.0 Å². The second-order valence-electron chi connectivity index (χ2n) is 3.78. The van der Waals surface area contributed by atoms with Crippen molar-refractivity contribution < 1.29 is 9.53 Å². The molecule has 0 fully saturated rings. The van der Waals surface area contributed by atoms with Gasteiger partial charge in [0.25, 0.3) is 0 Å². The Morgan fingerprint density at radius 3 is 3.00 bits per heavy atom. The average molecular weight is 247 g/mol. The van der Waals surface area contributed by atoms with Crippen LogP contribution < -0.4 is 15.5 Å². The molecular weight excluding hydrogens is 234 g/mol. The van der Waals surface area contributed by atoms with E-state index in [4.69, 9.17) is 4.74 Å². The van der Waals surface area contributed by atoms with Gasteiger partial charge in [-0.3, -0.25) is 14.6 Å². The van der Waals surface area contributed by atoms with Gasteiger partial charge in [-0.1, -0.05) is 0 Å². The van der Waals surface area contributed by atoms with Gasteiger partial charge in [-0.15, -0.1) is 0 Å². The topological polar surface area (TPSA) is 84.1 Å². The quantitative estimate of drug-likeness (QED) is 0.830. The van der Waals surface area contributed by atoms with Crippen LogP contribution in [0.4, 0.5) is 0 Å². The van der Waals surface area contributed by atoms with Crippen LogP contribution in [0.5, 0.6) is 5.88 Å². The standard InChI is InChI=1S/C12H13N3O3/c1-7(16)14-6-8-11(17)10-9(4-3-5-13-10)15-12(8)18-2/h3-5H,6H2,1-2H3,(H,14,16)(H,15,17). The van der Waals surface area contributed by atoms with E-state index in [-0.39, 0.29) is 17.9 Å². The van der Waals surface area contributed by atoms with E-state index in [0.29, 0.717) is 22.5 Å². The van der Waals surface area contributed by atoms with E-state index in [0.717, 1.165) is 0 Å². The first-order chi connectivity index (χ1) is 8.63. The summed E-state index contributed by atoms with van der Waals surface area (Å²) < 4.78 is 5.13. The van der Waals surface area contributed by atoms with Crippen molar-refractivity contribution in [2.45, 2.75) is 13.5 Å². The maximum Gasteiger partial charge on any atom is 0.217 e. The fourth-order valence-corrected chi connectivity index (χ4v) is 1.68. The summed E-state index contributed by atoms with van der Waals surface area (Å²) in [6.45, 7) is 1.50. The summed E-state index contributed by atoms with van der Waals surface area (Å²) in [6.07, 6.45) is 1.55. The lowest BCUT2D eigenvalue weighted by Crippen LogP contribution is -2.25. The highest BCUT2D eigenvalue weighted by molar-refractivity contribution is 5.76. The number of aromatic nitrogens is 2. The Labute approximate surface area is 103 Å². The molecule has 0 radical (unpaired) electrons. The fraction of sp³-hybridized carbons (Fsp3) is 0.250. The molecule has 0 unspecified atom stereocenters. The Hall–Kier alpha value is -2.37. The van der Waals surface area contributed by atoms with Gasteiger partial charge in [0.1, 0.15) is 5.52 Å². The lowest BCUT2D eigenvalue weighted by atomic mass is 10.2. The molecule has 2 aromatic heterocycles. The number of nitrogens with zero attached hydrogens (tertiary/aromatic N) is 1. The molecular formula is C12H13N3O3. The number of hydrogen-bond acceptors (Lipinski definition) is 4. The van der Waals surface area contributed by atoms with Crippen LogP contribution in [0.1, 0.15) is 12.5 Å². The van der Waals surface area contributed by atoms with Crippen LogP contribution in [0.3, 0.4) is 0 Å². The predicted molar refractivity (Wildman–Crippen MR) is 66.4 cm³/mol. The highest BCUT2D eigenvalue weighted by Crippen LogP contribution is 2.15. The molecule has 6 nitrogen and oxygen atoms in total. The van der Waals surface area contributed by atoms with E-state index in [2.05, 4.69) is 15.3 Å². The maximum absolute atomic E-state index is 12.2. The fourth-order valence-electron chi connectivity index (χ4n) is 1.68. The van der Waals surface area contributed by atoms with E-state index in [1.807, 2.05) is 0 Å². The minimum Gasteiger partial charge on any atom is -0.482 e. The zero-order valence-electron chi connectivity index (χ0n) is 10.1. The summed E-state index contributed by atoms with van der Waals surface area (Å²) in [6, 6.07) is 3.47. The van der Waals surface area contributed by atoms with E-state index >= 15 is 0 Å². The highest BCUT2D eigenvalue weighted by atomic mass is 16.5. The number of carbonyl (C=O) groups is 1. The normalized spacial score (nSPS) is 10.3. The van der Waals surface area contributed by atoms with Crippen molar-refractivity contribution in [2.75, 3.05) is 7.11 Å². The average Bonchev–Trinajstić information content (AvgIpc) is 2.37. The van der Waals surface area contributed by atoms with E-state index < -0.39 is 0 Å². The Kier molecular flexibility index (Phi) is 3.27. The first-order valence-corrected chi connectivity index (χ1v) is 5.41. The number of H-pyrrole nitrogens is 1. The van der Waals surface area contributed by atoms with Gasteiger partial charge >= 0.3 is 0 Å². The first kappa shape index (κ1) is 12.1. The summed E-state index contributed by atoms with van der Waals surface area (Å²) in [4.78, 5) is 30.1. The molecule has 0 bridgehead atoms. The zero-order valence-corrected chi connectivity index (χ0v) is 10.1. The van der Waals surface area contributed by atoms with Gasteiger partial charge in [0, 0.05) is 13.1 Å². The number of aromatic amines is 1. The minimum atomic E-state index is -0.241. The molecule has 0 aliphatic rings. The monoisotopic (exact) mass is 247 g/mol. The minimum absolute atomic E-state index is 0.111. The van der Waals surface area contributed by atoms with Crippen molar-refractivity contribution in [3.63, 3.8) is 0 Å². The second kappa shape index (κ2) is 4.87. The summed E-state index contributed by atoms with van der Waals surface area (Å²) >= 11 is 0. The van der Waals surface area contributed by atoms with E-state index in [1.54, 1.807) is 18.3 Å². The zero-order chi connectivity index (χ0) is 13.1. The number of nitrogens with one attached hydrogen (secondary N) is 2. The molecule has 1 amide bonds. The molecule has 0 spiro atoms. The number of hydrogen-bond donors (Lipinski definition) is 2. The van der Waals surface area contributed by atoms with Gasteiger partial charge in [-0.05, 0) is 12.1 Å². The lowest BCUT2D eigenvalue weighted by Gasteiger charge is -2.09. The van der Waals surface area contributed by atoms with Gasteiger partial charge in [-0.25, -0.2) is 0 Å². The molecule has 6 heteroatoms. The van der Waals surface area contributed by atoms with Crippen LogP contribution in [0.15, 0.2) is 23.1 Å². The summed E-state index contributed by atoms with van der Waals surface area (Å²) in [7, 11) is 1.46. The Morgan fingerprint density at radius 1 is 1.56 bits per heavy atom. The number of rotatable bonds is 3. The van der Waals surface area contributed by atoms with E-state index in [9.17, 15) is 9.59 Å². The molecule has 0 aliphatic heterocycles. The Bertz CT molecular complexity index is 649. The molecule has 2 heterocycles. The number of fused-ring (bicyclic) bond motifs is 1. The number of pyridine rings is 2. The lowest BCUT2D eigenvalue weighted by molar-refractivity contribution is -0.119. The van der Waals surface area contributed by atoms with Crippen molar-refractivity contribution in [1.29, 1.82) is 0 Å². The third kappa shape index (κ3) is 2.17. The number of amides is 1. The third-order valence-corrected chi connectivity index (χ3v) is 2.54. The van der Waals surface area contributed by atoms with Crippen LogP contribution >= 0.6 is 0 Å². The van der Waals surface area contributed by atoms with Crippen LogP contribution in [0.25, 0.3) is 11.0 Å². The molecule has 0 aromatic carbocycles. The second-order valence-corrected chi connectivity index (χ2v) is 3.78. The van der Waals surface area contributed by atoms with Gasteiger partial charge in [0.15, 0.2) is 5.88 Å².